The molecule has 0 aliphatic heterocycles. The van der Waals surface area contributed by atoms with Gasteiger partial charge in [0.25, 0.3) is 0 Å². The highest BCUT2D eigenvalue weighted by atomic mass is 14.2. The standard InChI is InChI=1S/C12H22/c1-6-9-12(5,8-3)10-11(4)7-2/h6-7,9,11H,2,8,10H2,1,3-5H3. The minimum atomic E-state index is 0.363. The van der Waals surface area contributed by atoms with E-state index in [2.05, 4.69) is 46.4 Å². The Hall–Kier alpha value is -0.520. The smallest absolute Gasteiger partial charge is 0.0144 e. The van der Waals surface area contributed by atoms with Gasteiger partial charge in [0.2, 0.25) is 0 Å². The second-order valence-corrected chi connectivity index (χ2v) is 3.92. The molecular weight excluding hydrogens is 144 g/mol. The monoisotopic (exact) mass is 166 g/mol. The summed E-state index contributed by atoms with van der Waals surface area (Å²) in [7, 11) is 0. The van der Waals surface area contributed by atoms with Gasteiger partial charge < -0.3 is 0 Å². The maximum Gasteiger partial charge on any atom is -0.0144 e. The van der Waals surface area contributed by atoms with Crippen molar-refractivity contribution in [2.24, 2.45) is 11.3 Å². The van der Waals surface area contributed by atoms with Crippen molar-refractivity contribution in [2.45, 2.75) is 40.5 Å². The van der Waals surface area contributed by atoms with Crippen molar-refractivity contribution in [1.82, 2.24) is 0 Å². The third-order valence-electron chi connectivity index (χ3n) is 2.57. The first-order chi connectivity index (χ1) is 5.58. The summed E-state index contributed by atoms with van der Waals surface area (Å²) in [5, 5.41) is 0. The van der Waals surface area contributed by atoms with Gasteiger partial charge in [0.1, 0.15) is 0 Å². The van der Waals surface area contributed by atoms with E-state index in [1.54, 1.807) is 0 Å². The number of allylic oxidation sites excluding steroid dienone is 3. The summed E-state index contributed by atoms with van der Waals surface area (Å²) in [6, 6.07) is 0. The van der Waals surface area contributed by atoms with E-state index in [1.807, 2.05) is 6.08 Å². The molecule has 0 aromatic rings. The zero-order valence-electron chi connectivity index (χ0n) is 8.93. The van der Waals surface area contributed by atoms with Crippen LogP contribution in [0.5, 0.6) is 0 Å². The van der Waals surface area contributed by atoms with Crippen LogP contribution in [0, 0.1) is 11.3 Å². The molecule has 0 saturated heterocycles. The van der Waals surface area contributed by atoms with Crippen LogP contribution in [-0.2, 0) is 0 Å². The summed E-state index contributed by atoms with van der Waals surface area (Å²) < 4.78 is 0. The average molecular weight is 166 g/mol. The molecule has 0 fully saturated rings. The molecule has 0 aliphatic rings. The summed E-state index contributed by atoms with van der Waals surface area (Å²) in [6.45, 7) is 12.7. The molecule has 0 aromatic heterocycles. The Bertz CT molecular complexity index is 155. The van der Waals surface area contributed by atoms with Crippen LogP contribution in [0.15, 0.2) is 24.8 Å². The summed E-state index contributed by atoms with van der Waals surface area (Å²) >= 11 is 0. The summed E-state index contributed by atoms with van der Waals surface area (Å²) in [4.78, 5) is 0. The van der Waals surface area contributed by atoms with Gasteiger partial charge in [-0.3, -0.25) is 0 Å². The Kier molecular flexibility index (Phi) is 4.96. The van der Waals surface area contributed by atoms with Crippen LogP contribution < -0.4 is 0 Å². The lowest BCUT2D eigenvalue weighted by Gasteiger charge is -2.26. The number of hydrogen-bond acceptors (Lipinski definition) is 0. The molecule has 0 heteroatoms. The topological polar surface area (TPSA) is 0 Å². The molecule has 2 atom stereocenters. The zero-order valence-corrected chi connectivity index (χ0v) is 8.93. The van der Waals surface area contributed by atoms with E-state index in [1.165, 1.54) is 12.8 Å². The lowest BCUT2D eigenvalue weighted by molar-refractivity contribution is 0.338. The Morgan fingerprint density at radius 2 is 2.08 bits per heavy atom. The van der Waals surface area contributed by atoms with Gasteiger partial charge >= 0.3 is 0 Å². The van der Waals surface area contributed by atoms with Gasteiger partial charge in [-0.25, -0.2) is 0 Å². The second-order valence-electron chi connectivity index (χ2n) is 3.92. The largest absolute Gasteiger partial charge is 0.103 e. The Morgan fingerprint density at radius 1 is 1.50 bits per heavy atom. The highest BCUT2D eigenvalue weighted by Crippen LogP contribution is 2.31. The molecule has 0 spiro atoms. The van der Waals surface area contributed by atoms with E-state index in [-0.39, 0.29) is 0 Å². The van der Waals surface area contributed by atoms with Crippen molar-refractivity contribution in [3.05, 3.63) is 24.8 Å². The lowest BCUT2D eigenvalue weighted by atomic mass is 9.79. The lowest BCUT2D eigenvalue weighted by Crippen LogP contribution is -2.14. The van der Waals surface area contributed by atoms with E-state index in [0.717, 1.165) is 0 Å². The van der Waals surface area contributed by atoms with Crippen LogP contribution in [-0.4, -0.2) is 0 Å². The fourth-order valence-electron chi connectivity index (χ4n) is 1.55. The Morgan fingerprint density at radius 3 is 2.42 bits per heavy atom. The number of hydrogen-bond donors (Lipinski definition) is 0. The van der Waals surface area contributed by atoms with Crippen molar-refractivity contribution in [2.75, 3.05) is 0 Å². The molecule has 0 saturated carbocycles. The van der Waals surface area contributed by atoms with Crippen LogP contribution in [0.25, 0.3) is 0 Å². The fourth-order valence-corrected chi connectivity index (χ4v) is 1.55. The molecule has 0 aromatic carbocycles. The molecule has 0 amide bonds. The van der Waals surface area contributed by atoms with E-state index in [9.17, 15) is 0 Å². The second kappa shape index (κ2) is 5.18. The van der Waals surface area contributed by atoms with Gasteiger partial charge in [-0.1, -0.05) is 39.0 Å². The van der Waals surface area contributed by atoms with Crippen molar-refractivity contribution < 1.29 is 0 Å². The molecule has 2 unspecified atom stereocenters. The van der Waals surface area contributed by atoms with Crippen LogP contribution in [0.4, 0.5) is 0 Å². The summed E-state index contributed by atoms with van der Waals surface area (Å²) in [5.41, 5.74) is 0.363. The molecule has 0 aliphatic carbocycles. The van der Waals surface area contributed by atoms with Crippen molar-refractivity contribution >= 4 is 0 Å². The first-order valence-corrected chi connectivity index (χ1v) is 4.84. The Labute approximate surface area is 77.4 Å². The molecule has 70 valence electrons. The van der Waals surface area contributed by atoms with Crippen LogP contribution in [0.2, 0.25) is 0 Å². The number of rotatable bonds is 5. The fraction of sp³-hybridized carbons (Fsp3) is 0.667. The molecule has 0 rings (SSSR count). The van der Waals surface area contributed by atoms with Crippen LogP contribution >= 0.6 is 0 Å². The van der Waals surface area contributed by atoms with Gasteiger partial charge in [-0.05, 0) is 31.1 Å². The highest BCUT2D eigenvalue weighted by molar-refractivity contribution is 4.97. The Balaban J connectivity index is 4.22. The normalized spacial score (nSPS) is 19.0. The van der Waals surface area contributed by atoms with E-state index in [4.69, 9.17) is 0 Å². The minimum absolute atomic E-state index is 0.363. The average Bonchev–Trinajstić information content (AvgIpc) is 2.05. The minimum Gasteiger partial charge on any atom is -0.103 e. The predicted octanol–water partition coefficient (Wildman–Crippen LogP) is 4.19. The van der Waals surface area contributed by atoms with Gasteiger partial charge in [0, 0.05) is 0 Å². The van der Waals surface area contributed by atoms with Gasteiger partial charge in [0.05, 0.1) is 0 Å². The van der Waals surface area contributed by atoms with Gasteiger partial charge in [-0.2, -0.15) is 0 Å². The van der Waals surface area contributed by atoms with Gasteiger partial charge in [0.15, 0.2) is 0 Å². The molecule has 0 N–H and O–H groups in total. The highest BCUT2D eigenvalue weighted by Gasteiger charge is 2.19. The van der Waals surface area contributed by atoms with Crippen molar-refractivity contribution in [1.29, 1.82) is 0 Å². The SMILES string of the molecule is C=CC(C)CC(C)(C=CC)CC. The van der Waals surface area contributed by atoms with E-state index in [0.29, 0.717) is 11.3 Å². The van der Waals surface area contributed by atoms with Gasteiger partial charge in [-0.15, -0.1) is 6.58 Å². The van der Waals surface area contributed by atoms with Crippen LogP contribution in [0.3, 0.4) is 0 Å². The van der Waals surface area contributed by atoms with E-state index >= 15 is 0 Å². The molecule has 0 heterocycles. The maximum absolute atomic E-state index is 3.82. The predicted molar refractivity (Wildman–Crippen MR) is 57.2 cm³/mol. The summed E-state index contributed by atoms with van der Waals surface area (Å²) in [5.74, 6) is 0.617. The molecule has 0 nitrogen and oxygen atoms in total. The first-order valence-electron chi connectivity index (χ1n) is 4.84. The van der Waals surface area contributed by atoms with Crippen molar-refractivity contribution in [3.63, 3.8) is 0 Å². The molecule has 0 radical (unpaired) electrons. The molecule has 12 heavy (non-hydrogen) atoms. The first kappa shape index (κ1) is 11.5. The third kappa shape index (κ3) is 3.75. The van der Waals surface area contributed by atoms with Crippen molar-refractivity contribution in [3.8, 4) is 0 Å². The maximum atomic E-state index is 3.82. The molecule has 0 bridgehead atoms. The van der Waals surface area contributed by atoms with E-state index < -0.39 is 0 Å². The third-order valence-corrected chi connectivity index (χ3v) is 2.57. The zero-order chi connectivity index (χ0) is 9.61. The molecular formula is C12H22. The quantitative estimate of drug-likeness (QED) is 0.537. The summed E-state index contributed by atoms with van der Waals surface area (Å²) in [6.07, 6.45) is 8.91. The van der Waals surface area contributed by atoms with Crippen LogP contribution in [0.1, 0.15) is 40.5 Å².